The normalized spacial score (nSPS) is 25.0. The third kappa shape index (κ3) is 6.72. The summed E-state index contributed by atoms with van der Waals surface area (Å²) in [6, 6.07) is 2.11. The fraction of sp³-hybridized carbons (Fsp3) is 0.536. The van der Waals surface area contributed by atoms with Crippen molar-refractivity contribution >= 4 is 29.4 Å². The molecule has 0 unspecified atom stereocenters. The molecule has 4 aliphatic carbocycles. The lowest BCUT2D eigenvalue weighted by atomic mass is 9.54. The summed E-state index contributed by atoms with van der Waals surface area (Å²) in [7, 11) is 1.25. The van der Waals surface area contributed by atoms with Crippen LogP contribution in [-0.2, 0) is 25.7 Å². The number of H-pyrrole nitrogens is 1. The first-order valence-electron chi connectivity index (χ1n) is 14.0. The van der Waals surface area contributed by atoms with Crippen molar-refractivity contribution < 1.29 is 23.9 Å². The minimum Gasteiger partial charge on any atom is -0.466 e. The van der Waals surface area contributed by atoms with E-state index in [1.165, 1.54) is 74.5 Å². The number of allylic oxidation sites excluding steroid dienone is 1. The number of methoxy groups -OCH3 is 1. The van der Waals surface area contributed by atoms with Crippen LogP contribution >= 0.6 is 0 Å². The smallest absolute Gasteiger partial charge is 0.330 e. The van der Waals surface area contributed by atoms with Gasteiger partial charge in [0.05, 0.1) is 7.11 Å². The number of hydrogen-bond donors (Lipinski definition) is 4. The number of nitrogens with one attached hydrogen (secondary N) is 4. The van der Waals surface area contributed by atoms with Crippen LogP contribution in [0.2, 0.25) is 0 Å². The van der Waals surface area contributed by atoms with E-state index in [1.54, 1.807) is 6.07 Å². The highest BCUT2D eigenvalue weighted by Gasteiger charge is 2.48. The molecule has 4 saturated carbocycles. The van der Waals surface area contributed by atoms with E-state index in [2.05, 4.69) is 35.9 Å². The maximum absolute atomic E-state index is 13.2. The minimum atomic E-state index is -1.07. The van der Waals surface area contributed by atoms with Crippen LogP contribution in [0.5, 0.6) is 0 Å². The van der Waals surface area contributed by atoms with Crippen molar-refractivity contribution in [3.8, 4) is 0 Å². The van der Waals surface area contributed by atoms with Crippen LogP contribution in [0, 0.1) is 23.7 Å². The number of carbonyl (C=O) groups is 4. The Balaban J connectivity index is 1.22. The van der Waals surface area contributed by atoms with Crippen LogP contribution in [0.25, 0.3) is 0 Å². The van der Waals surface area contributed by atoms with Crippen molar-refractivity contribution in [3.63, 3.8) is 0 Å². The summed E-state index contributed by atoms with van der Waals surface area (Å²) in [5, 5.41) is 14.5. The zero-order valence-corrected chi connectivity index (χ0v) is 22.9. The first kappa shape index (κ1) is 28.2. The van der Waals surface area contributed by atoms with Gasteiger partial charge in [0, 0.05) is 18.3 Å². The molecule has 41 heavy (non-hydrogen) atoms. The number of anilines is 1. The Hall–Kier alpha value is -4.29. The van der Waals surface area contributed by atoms with Crippen LogP contribution in [-0.4, -0.2) is 62.6 Å². The van der Waals surface area contributed by atoms with E-state index in [-0.39, 0.29) is 42.8 Å². The van der Waals surface area contributed by atoms with Gasteiger partial charge in [-0.15, -0.1) is 5.10 Å². The number of aromatic amines is 1. The number of hydrogen-bond acceptors (Lipinski definition) is 8. The quantitative estimate of drug-likeness (QED) is 0.232. The molecule has 0 aliphatic heterocycles. The van der Waals surface area contributed by atoms with Crippen LogP contribution in [0.3, 0.4) is 0 Å². The van der Waals surface area contributed by atoms with Crippen LogP contribution < -0.4 is 21.5 Å². The van der Waals surface area contributed by atoms with Gasteiger partial charge in [0.1, 0.15) is 24.6 Å². The molecule has 4 fully saturated rings. The Morgan fingerprint density at radius 2 is 1.88 bits per heavy atom. The average molecular weight is 566 g/mol. The summed E-state index contributed by atoms with van der Waals surface area (Å²) < 4.78 is 5.82. The number of nitrogens with zero attached hydrogens (tertiary/aromatic N) is 3. The van der Waals surface area contributed by atoms with E-state index in [0.29, 0.717) is 11.8 Å². The molecule has 4 bridgehead atoms. The summed E-state index contributed by atoms with van der Waals surface area (Å²) in [6.07, 6.45) is 11.9. The maximum atomic E-state index is 13.2. The number of rotatable bonds is 11. The second-order valence-corrected chi connectivity index (χ2v) is 11.2. The van der Waals surface area contributed by atoms with Gasteiger partial charge < -0.3 is 25.3 Å². The Morgan fingerprint density at radius 1 is 1.15 bits per heavy atom. The van der Waals surface area contributed by atoms with Crippen LogP contribution in [0.1, 0.15) is 55.6 Å². The molecule has 0 spiro atoms. The molecular formula is C28H35N7O6. The molecule has 13 nitrogen and oxygen atoms in total. The van der Waals surface area contributed by atoms with E-state index in [9.17, 15) is 24.0 Å². The molecular weight excluding hydrogens is 530 g/mol. The monoisotopic (exact) mass is 565 g/mol. The summed E-state index contributed by atoms with van der Waals surface area (Å²) in [4.78, 5) is 67.0. The van der Waals surface area contributed by atoms with Gasteiger partial charge in [-0.3, -0.25) is 24.3 Å². The van der Waals surface area contributed by atoms with Crippen LogP contribution in [0.15, 0.2) is 41.6 Å². The SMILES string of the molecule is COC(=O)/C=C/CC[C@H](NC(=O)c1nc[nH]n1)C(=O)Nc1cccn(CC(=O)NC2C3CC4CC(C3)CC2C4)c1=O. The fourth-order valence-electron chi connectivity index (χ4n) is 6.84. The second kappa shape index (κ2) is 12.5. The number of ether oxygens (including phenoxy) is 1. The predicted molar refractivity (Wildman–Crippen MR) is 146 cm³/mol. The van der Waals surface area contributed by atoms with Gasteiger partial charge in [0.15, 0.2) is 0 Å². The topological polar surface area (TPSA) is 177 Å². The van der Waals surface area contributed by atoms with Crippen molar-refractivity contribution in [2.24, 2.45) is 23.7 Å². The molecule has 0 aromatic carbocycles. The third-order valence-corrected chi connectivity index (χ3v) is 8.46. The Labute approximate surface area is 236 Å². The highest BCUT2D eigenvalue weighted by Crippen LogP contribution is 2.53. The van der Waals surface area contributed by atoms with Gasteiger partial charge in [0.2, 0.25) is 17.6 Å². The van der Waals surface area contributed by atoms with Crippen molar-refractivity contribution in [1.82, 2.24) is 30.4 Å². The number of esters is 1. The lowest BCUT2D eigenvalue weighted by molar-refractivity contribution is -0.134. The highest BCUT2D eigenvalue weighted by atomic mass is 16.5. The van der Waals surface area contributed by atoms with E-state index < -0.39 is 29.4 Å². The van der Waals surface area contributed by atoms with Gasteiger partial charge in [-0.25, -0.2) is 9.78 Å². The Kier molecular flexibility index (Phi) is 8.60. The molecule has 13 heteroatoms. The number of amides is 3. The van der Waals surface area contributed by atoms with Crippen LogP contribution in [0.4, 0.5) is 5.69 Å². The summed E-state index contributed by atoms with van der Waals surface area (Å²) >= 11 is 0. The minimum absolute atomic E-state index is 0.0258. The summed E-state index contributed by atoms with van der Waals surface area (Å²) in [5.74, 6) is 0.370. The molecule has 0 saturated heterocycles. The molecule has 2 heterocycles. The van der Waals surface area contributed by atoms with Gasteiger partial charge in [-0.2, -0.15) is 0 Å². The summed E-state index contributed by atoms with van der Waals surface area (Å²) in [6.45, 7) is -0.158. The zero-order valence-electron chi connectivity index (χ0n) is 22.9. The Bertz CT molecular complexity index is 1340. The molecule has 4 aliphatic rings. The van der Waals surface area contributed by atoms with Crippen molar-refractivity contribution in [1.29, 1.82) is 0 Å². The lowest BCUT2D eigenvalue weighted by Crippen LogP contribution is -2.56. The lowest BCUT2D eigenvalue weighted by Gasteiger charge is -2.54. The first-order chi connectivity index (χ1) is 19.8. The van der Waals surface area contributed by atoms with Crippen molar-refractivity contribution in [3.05, 3.63) is 53.0 Å². The van der Waals surface area contributed by atoms with E-state index in [1.807, 2.05) is 0 Å². The second-order valence-electron chi connectivity index (χ2n) is 11.2. The number of carbonyl (C=O) groups excluding carboxylic acids is 4. The largest absolute Gasteiger partial charge is 0.466 e. The summed E-state index contributed by atoms with van der Waals surface area (Å²) in [5.41, 5.74) is -0.562. The Morgan fingerprint density at radius 3 is 2.54 bits per heavy atom. The van der Waals surface area contributed by atoms with Gasteiger partial charge in [0.25, 0.3) is 11.5 Å². The molecule has 6 rings (SSSR count). The van der Waals surface area contributed by atoms with Gasteiger partial charge >= 0.3 is 5.97 Å². The molecule has 2 aromatic heterocycles. The third-order valence-electron chi connectivity index (χ3n) is 8.46. The highest BCUT2D eigenvalue weighted by molar-refractivity contribution is 5.99. The molecule has 4 N–H and O–H groups in total. The van der Waals surface area contributed by atoms with Crippen molar-refractivity contribution in [2.75, 3.05) is 12.4 Å². The van der Waals surface area contributed by atoms with E-state index in [4.69, 9.17) is 0 Å². The van der Waals surface area contributed by atoms with E-state index in [0.717, 1.165) is 11.8 Å². The predicted octanol–water partition coefficient (Wildman–Crippen LogP) is 1.15. The van der Waals surface area contributed by atoms with E-state index >= 15 is 0 Å². The molecule has 0 radical (unpaired) electrons. The fourth-order valence-corrected chi connectivity index (χ4v) is 6.84. The first-order valence-corrected chi connectivity index (χ1v) is 14.0. The maximum Gasteiger partial charge on any atom is 0.330 e. The molecule has 1 atom stereocenters. The van der Waals surface area contributed by atoms with Gasteiger partial charge in [-0.1, -0.05) is 6.08 Å². The standard InChI is InChI=1S/C28H35N7O6/c1-41-23(37)7-3-2-5-20(31-27(39)25-29-15-30-34-25)26(38)32-21-6-4-8-35(28(21)40)14-22(36)33-24-18-10-16-9-17(12-18)13-19(24)11-16/h3-4,6-8,15-20,24H,2,5,9-14H2,1H3,(H,31,39)(H,32,38)(H,33,36)(H,29,30,34)/b7-3+/t16?,17?,18?,19?,20-,24?/m0/s1. The zero-order chi connectivity index (χ0) is 28.9. The van der Waals surface area contributed by atoms with Gasteiger partial charge in [-0.05, 0) is 80.8 Å². The average Bonchev–Trinajstić information content (AvgIpc) is 3.49. The number of aromatic nitrogens is 4. The van der Waals surface area contributed by atoms with Crippen molar-refractivity contribution in [2.45, 2.75) is 63.6 Å². The molecule has 2 aromatic rings. The molecule has 3 amide bonds. The molecule has 218 valence electrons. The number of pyridine rings is 1.